The van der Waals surface area contributed by atoms with E-state index in [-0.39, 0.29) is 0 Å². The molecule has 0 aliphatic carbocycles. The summed E-state index contributed by atoms with van der Waals surface area (Å²) < 4.78 is 0. The Bertz CT molecular complexity index is 472. The van der Waals surface area contributed by atoms with E-state index in [2.05, 4.69) is 19.1 Å². The first-order valence-corrected chi connectivity index (χ1v) is 4.94. The molecule has 0 heterocycles. The van der Waals surface area contributed by atoms with Crippen LogP contribution in [0.1, 0.15) is 18.1 Å². The normalized spacial score (nSPS) is 10.7. The first-order chi connectivity index (χ1) is 6.74. The van der Waals surface area contributed by atoms with Gasteiger partial charge in [-0.3, -0.25) is 0 Å². The summed E-state index contributed by atoms with van der Waals surface area (Å²) in [5.74, 6) is 0.431. The van der Waals surface area contributed by atoms with Gasteiger partial charge in [-0.25, -0.2) is 0 Å². The van der Waals surface area contributed by atoms with Gasteiger partial charge in [-0.1, -0.05) is 37.3 Å². The predicted octanol–water partition coefficient (Wildman–Crippen LogP) is 3.42. The molecule has 0 aliphatic heterocycles. The first-order valence-electron chi connectivity index (χ1n) is 4.94. The number of fused-ring (bicyclic) bond motifs is 1. The highest BCUT2D eigenvalue weighted by Gasteiger charge is 2.05. The zero-order chi connectivity index (χ0) is 10.1. The van der Waals surface area contributed by atoms with E-state index in [4.69, 9.17) is 0 Å². The van der Waals surface area contributed by atoms with Gasteiger partial charge in [0.2, 0.25) is 0 Å². The third-order valence-electron chi connectivity index (χ3n) is 2.69. The van der Waals surface area contributed by atoms with Gasteiger partial charge in [-0.15, -0.1) is 0 Å². The lowest BCUT2D eigenvalue weighted by molar-refractivity contribution is 0.477. The second-order valence-corrected chi connectivity index (χ2v) is 3.60. The van der Waals surface area contributed by atoms with Crippen LogP contribution in [0.15, 0.2) is 30.3 Å². The Balaban J connectivity index is 2.89. The molecule has 2 rings (SSSR count). The molecule has 0 fully saturated rings. The quantitative estimate of drug-likeness (QED) is 0.723. The molecule has 0 spiro atoms. The summed E-state index contributed by atoms with van der Waals surface area (Å²) >= 11 is 0. The fourth-order valence-corrected chi connectivity index (χ4v) is 1.83. The van der Waals surface area contributed by atoms with Crippen LogP contribution in [0.25, 0.3) is 10.8 Å². The number of aryl methyl sites for hydroxylation is 2. The zero-order valence-corrected chi connectivity index (χ0v) is 8.54. The molecule has 1 N–H and O–H groups in total. The summed E-state index contributed by atoms with van der Waals surface area (Å²) in [6.07, 6.45) is 0.953. The molecule has 14 heavy (non-hydrogen) atoms. The highest BCUT2D eigenvalue weighted by Crippen LogP contribution is 2.31. The zero-order valence-electron chi connectivity index (χ0n) is 8.54. The molecule has 0 saturated carbocycles. The molecule has 0 radical (unpaired) electrons. The number of hydrogen-bond acceptors (Lipinski definition) is 1. The molecule has 1 heteroatoms. The largest absolute Gasteiger partial charge is 0.507 e. The Kier molecular flexibility index (Phi) is 2.16. The maximum absolute atomic E-state index is 9.97. The Morgan fingerprint density at radius 1 is 1.14 bits per heavy atom. The standard InChI is InChI=1S/C13H14O/c1-3-10-5-4-6-11-8-7-9(2)13(14)12(10)11/h4-8,14H,3H2,1-2H3. The smallest absolute Gasteiger partial charge is 0.126 e. The van der Waals surface area contributed by atoms with Crippen LogP contribution in [0.4, 0.5) is 0 Å². The molecular formula is C13H14O. The Hall–Kier alpha value is -1.50. The van der Waals surface area contributed by atoms with E-state index in [1.165, 1.54) is 5.56 Å². The van der Waals surface area contributed by atoms with Crippen molar-refractivity contribution in [1.29, 1.82) is 0 Å². The van der Waals surface area contributed by atoms with E-state index in [1.54, 1.807) is 0 Å². The lowest BCUT2D eigenvalue weighted by atomic mass is 9.99. The third kappa shape index (κ3) is 1.25. The van der Waals surface area contributed by atoms with Crippen LogP contribution in [0.3, 0.4) is 0 Å². The van der Waals surface area contributed by atoms with Gasteiger partial charge in [-0.2, -0.15) is 0 Å². The molecule has 72 valence electrons. The second-order valence-electron chi connectivity index (χ2n) is 3.60. The molecule has 0 aliphatic rings. The summed E-state index contributed by atoms with van der Waals surface area (Å²) in [6.45, 7) is 4.04. The molecule has 0 unspecified atom stereocenters. The van der Waals surface area contributed by atoms with Crippen molar-refractivity contribution in [3.8, 4) is 5.75 Å². The van der Waals surface area contributed by atoms with Gasteiger partial charge in [0.25, 0.3) is 0 Å². The number of phenolic OH excluding ortho intramolecular Hbond substituents is 1. The van der Waals surface area contributed by atoms with Gasteiger partial charge in [0, 0.05) is 5.39 Å². The average molecular weight is 186 g/mol. The van der Waals surface area contributed by atoms with Crippen LogP contribution >= 0.6 is 0 Å². The van der Waals surface area contributed by atoms with Gasteiger partial charge in [-0.05, 0) is 29.9 Å². The molecule has 0 atom stereocenters. The van der Waals surface area contributed by atoms with Crippen LogP contribution in [-0.4, -0.2) is 5.11 Å². The Morgan fingerprint density at radius 3 is 2.64 bits per heavy atom. The molecule has 2 aromatic carbocycles. The van der Waals surface area contributed by atoms with Crippen molar-refractivity contribution in [2.75, 3.05) is 0 Å². The van der Waals surface area contributed by atoms with Gasteiger partial charge in [0.15, 0.2) is 0 Å². The van der Waals surface area contributed by atoms with Crippen LogP contribution in [0.5, 0.6) is 5.75 Å². The minimum Gasteiger partial charge on any atom is -0.507 e. The molecular weight excluding hydrogens is 172 g/mol. The highest BCUT2D eigenvalue weighted by molar-refractivity contribution is 5.92. The van der Waals surface area contributed by atoms with E-state index < -0.39 is 0 Å². The van der Waals surface area contributed by atoms with Crippen LogP contribution < -0.4 is 0 Å². The van der Waals surface area contributed by atoms with Crippen molar-refractivity contribution in [2.45, 2.75) is 20.3 Å². The van der Waals surface area contributed by atoms with Gasteiger partial charge >= 0.3 is 0 Å². The van der Waals surface area contributed by atoms with Crippen LogP contribution in [0, 0.1) is 6.92 Å². The summed E-state index contributed by atoms with van der Waals surface area (Å²) in [5.41, 5.74) is 2.15. The van der Waals surface area contributed by atoms with Gasteiger partial charge < -0.3 is 5.11 Å². The van der Waals surface area contributed by atoms with Crippen molar-refractivity contribution in [1.82, 2.24) is 0 Å². The molecule has 2 aromatic rings. The van der Waals surface area contributed by atoms with Crippen LogP contribution in [0.2, 0.25) is 0 Å². The van der Waals surface area contributed by atoms with E-state index in [0.29, 0.717) is 5.75 Å². The highest BCUT2D eigenvalue weighted by atomic mass is 16.3. The van der Waals surface area contributed by atoms with Crippen molar-refractivity contribution >= 4 is 10.8 Å². The average Bonchev–Trinajstić information content (AvgIpc) is 2.23. The summed E-state index contributed by atoms with van der Waals surface area (Å²) in [5, 5.41) is 12.1. The molecule has 0 aromatic heterocycles. The van der Waals surface area contributed by atoms with Crippen molar-refractivity contribution < 1.29 is 5.11 Å². The lowest BCUT2D eigenvalue weighted by Crippen LogP contribution is -1.85. The number of hydrogen-bond donors (Lipinski definition) is 1. The second kappa shape index (κ2) is 3.33. The summed E-state index contributed by atoms with van der Waals surface area (Å²) in [6, 6.07) is 10.2. The SMILES string of the molecule is CCc1cccc2ccc(C)c(O)c12. The molecule has 0 bridgehead atoms. The topological polar surface area (TPSA) is 20.2 Å². The number of aromatic hydroxyl groups is 1. The molecule has 0 saturated heterocycles. The van der Waals surface area contributed by atoms with E-state index >= 15 is 0 Å². The van der Waals surface area contributed by atoms with Crippen molar-refractivity contribution in [2.24, 2.45) is 0 Å². The van der Waals surface area contributed by atoms with Gasteiger partial charge in [0.05, 0.1) is 0 Å². The van der Waals surface area contributed by atoms with Gasteiger partial charge in [0.1, 0.15) is 5.75 Å². The van der Waals surface area contributed by atoms with Crippen molar-refractivity contribution in [3.05, 3.63) is 41.5 Å². The predicted molar refractivity (Wildman–Crippen MR) is 59.7 cm³/mol. The third-order valence-corrected chi connectivity index (χ3v) is 2.69. The number of phenols is 1. The fourth-order valence-electron chi connectivity index (χ4n) is 1.83. The number of rotatable bonds is 1. The Morgan fingerprint density at radius 2 is 1.93 bits per heavy atom. The lowest BCUT2D eigenvalue weighted by Gasteiger charge is -2.08. The van der Waals surface area contributed by atoms with Crippen molar-refractivity contribution in [3.63, 3.8) is 0 Å². The minimum absolute atomic E-state index is 0.431. The number of benzene rings is 2. The monoisotopic (exact) mass is 186 g/mol. The van der Waals surface area contributed by atoms with E-state index in [0.717, 1.165) is 22.8 Å². The molecule has 1 nitrogen and oxygen atoms in total. The Labute approximate surface area is 84.0 Å². The minimum atomic E-state index is 0.431. The van der Waals surface area contributed by atoms with Crippen LogP contribution in [-0.2, 0) is 6.42 Å². The summed E-state index contributed by atoms with van der Waals surface area (Å²) in [7, 11) is 0. The van der Waals surface area contributed by atoms with E-state index in [1.807, 2.05) is 25.1 Å². The maximum atomic E-state index is 9.97. The fraction of sp³-hybridized carbons (Fsp3) is 0.231. The van der Waals surface area contributed by atoms with E-state index in [9.17, 15) is 5.11 Å². The summed E-state index contributed by atoms with van der Waals surface area (Å²) in [4.78, 5) is 0. The first kappa shape index (κ1) is 9.07. The molecule has 0 amide bonds. The maximum Gasteiger partial charge on any atom is 0.126 e.